The fourth-order valence-electron chi connectivity index (χ4n) is 1.49. The maximum absolute atomic E-state index is 10.7. The van der Waals surface area contributed by atoms with Crippen molar-refractivity contribution in [3.8, 4) is 0 Å². The van der Waals surface area contributed by atoms with Gasteiger partial charge < -0.3 is 0 Å². The third kappa shape index (κ3) is 3.16. The SMILES string of the molecule is C/C=N\c1cc(C/C(C=O)=C\C)ccc1C. The zero-order valence-electron chi connectivity index (χ0n) is 10.0. The highest BCUT2D eigenvalue weighted by Crippen LogP contribution is 2.21. The lowest BCUT2D eigenvalue weighted by Gasteiger charge is -2.04. The van der Waals surface area contributed by atoms with Crippen molar-refractivity contribution in [3.05, 3.63) is 41.0 Å². The van der Waals surface area contributed by atoms with Crippen LogP contribution in [0.3, 0.4) is 0 Å². The highest BCUT2D eigenvalue weighted by Gasteiger charge is 2.01. The number of aliphatic imine (C=N–C) groups is 1. The van der Waals surface area contributed by atoms with Crippen LogP contribution >= 0.6 is 0 Å². The van der Waals surface area contributed by atoms with Crippen molar-refractivity contribution in [1.29, 1.82) is 0 Å². The molecule has 2 heteroatoms. The van der Waals surface area contributed by atoms with E-state index in [4.69, 9.17) is 0 Å². The van der Waals surface area contributed by atoms with Gasteiger partial charge in [-0.25, -0.2) is 0 Å². The first-order chi connectivity index (χ1) is 7.71. The summed E-state index contributed by atoms with van der Waals surface area (Å²) in [6, 6.07) is 6.11. The van der Waals surface area contributed by atoms with Crippen molar-refractivity contribution >= 4 is 18.2 Å². The van der Waals surface area contributed by atoms with Crippen LogP contribution in [0, 0.1) is 6.92 Å². The molecule has 0 aromatic heterocycles. The molecule has 0 bridgehead atoms. The third-order valence-corrected chi connectivity index (χ3v) is 2.47. The molecule has 0 aliphatic carbocycles. The Morgan fingerprint density at radius 1 is 1.38 bits per heavy atom. The molecule has 16 heavy (non-hydrogen) atoms. The van der Waals surface area contributed by atoms with Crippen LogP contribution < -0.4 is 0 Å². The summed E-state index contributed by atoms with van der Waals surface area (Å²) in [5.74, 6) is 0. The number of carbonyl (C=O) groups excluding carboxylic acids is 1. The number of allylic oxidation sites excluding steroid dienone is 2. The molecule has 0 spiro atoms. The van der Waals surface area contributed by atoms with E-state index in [1.165, 1.54) is 0 Å². The summed E-state index contributed by atoms with van der Waals surface area (Å²) in [6.07, 6.45) is 5.20. The van der Waals surface area contributed by atoms with Gasteiger partial charge in [0.1, 0.15) is 6.29 Å². The predicted octanol–water partition coefficient (Wildman–Crippen LogP) is 3.40. The van der Waals surface area contributed by atoms with E-state index in [0.29, 0.717) is 6.42 Å². The molecule has 0 aliphatic rings. The van der Waals surface area contributed by atoms with Crippen LogP contribution in [0.4, 0.5) is 5.69 Å². The molecule has 0 N–H and O–H groups in total. The number of aldehydes is 1. The predicted molar refractivity (Wildman–Crippen MR) is 68.5 cm³/mol. The lowest BCUT2D eigenvalue weighted by atomic mass is 10.0. The van der Waals surface area contributed by atoms with Gasteiger partial charge in [-0.1, -0.05) is 18.2 Å². The van der Waals surface area contributed by atoms with E-state index in [-0.39, 0.29) is 0 Å². The van der Waals surface area contributed by atoms with Gasteiger partial charge in [-0.15, -0.1) is 0 Å². The Kier molecular flexibility index (Phi) is 4.65. The van der Waals surface area contributed by atoms with Crippen LogP contribution in [0.25, 0.3) is 0 Å². The molecule has 0 unspecified atom stereocenters. The van der Waals surface area contributed by atoms with Gasteiger partial charge in [0.15, 0.2) is 0 Å². The number of hydrogen-bond donors (Lipinski definition) is 0. The Morgan fingerprint density at radius 2 is 2.12 bits per heavy atom. The highest BCUT2D eigenvalue weighted by atomic mass is 16.1. The number of nitrogens with zero attached hydrogens (tertiary/aromatic N) is 1. The summed E-state index contributed by atoms with van der Waals surface area (Å²) in [7, 11) is 0. The second kappa shape index (κ2) is 6.01. The van der Waals surface area contributed by atoms with Gasteiger partial charge in [-0.2, -0.15) is 0 Å². The normalized spacial score (nSPS) is 12.1. The Bertz CT molecular complexity index is 430. The van der Waals surface area contributed by atoms with E-state index in [1.807, 2.05) is 45.0 Å². The standard InChI is InChI=1S/C14H17NO/c1-4-12(10-16)8-13-7-6-11(3)14(9-13)15-5-2/h4-7,9-10H,8H2,1-3H3/b12-4+,15-5-. The molecule has 1 aromatic rings. The number of rotatable bonds is 4. The van der Waals surface area contributed by atoms with Crippen molar-refractivity contribution in [2.45, 2.75) is 27.2 Å². The molecule has 0 radical (unpaired) electrons. The Morgan fingerprint density at radius 3 is 2.69 bits per heavy atom. The first-order valence-electron chi connectivity index (χ1n) is 5.39. The molecule has 0 saturated carbocycles. The molecule has 2 nitrogen and oxygen atoms in total. The van der Waals surface area contributed by atoms with Crippen LogP contribution in [0.1, 0.15) is 25.0 Å². The second-order valence-electron chi connectivity index (χ2n) is 3.67. The molecular formula is C14H17NO. The number of aryl methyl sites for hydroxylation is 1. The van der Waals surface area contributed by atoms with Crippen LogP contribution in [0.5, 0.6) is 0 Å². The summed E-state index contributed by atoms with van der Waals surface area (Å²) in [4.78, 5) is 15.0. The lowest BCUT2D eigenvalue weighted by Crippen LogP contribution is -1.92. The van der Waals surface area contributed by atoms with Gasteiger partial charge in [0.2, 0.25) is 0 Å². The molecular weight excluding hydrogens is 198 g/mol. The quantitative estimate of drug-likeness (QED) is 0.430. The average molecular weight is 215 g/mol. The summed E-state index contributed by atoms with van der Waals surface area (Å²) < 4.78 is 0. The van der Waals surface area contributed by atoms with Crippen molar-refractivity contribution in [2.24, 2.45) is 4.99 Å². The van der Waals surface area contributed by atoms with Crippen molar-refractivity contribution in [2.75, 3.05) is 0 Å². The largest absolute Gasteiger partial charge is 0.298 e. The lowest BCUT2D eigenvalue weighted by molar-refractivity contribution is -0.105. The minimum atomic E-state index is 0.673. The summed E-state index contributed by atoms with van der Waals surface area (Å²) in [6.45, 7) is 5.81. The zero-order valence-corrected chi connectivity index (χ0v) is 10.0. The van der Waals surface area contributed by atoms with Crippen LogP contribution in [-0.2, 0) is 11.2 Å². The fraction of sp³-hybridized carbons (Fsp3) is 0.286. The Balaban J connectivity index is 2.99. The van der Waals surface area contributed by atoms with Gasteiger partial charge in [0.05, 0.1) is 5.69 Å². The summed E-state index contributed by atoms with van der Waals surface area (Å²) >= 11 is 0. The van der Waals surface area contributed by atoms with E-state index in [0.717, 1.165) is 28.7 Å². The van der Waals surface area contributed by atoms with Crippen LogP contribution in [0.15, 0.2) is 34.8 Å². The van der Waals surface area contributed by atoms with Gasteiger partial charge in [0.25, 0.3) is 0 Å². The Hall–Kier alpha value is -1.70. The first-order valence-corrected chi connectivity index (χ1v) is 5.39. The van der Waals surface area contributed by atoms with Crippen LogP contribution in [-0.4, -0.2) is 12.5 Å². The summed E-state index contributed by atoms with van der Waals surface area (Å²) in [5.41, 5.74) is 4.04. The molecule has 0 aliphatic heterocycles. The van der Waals surface area contributed by atoms with E-state index in [2.05, 4.69) is 4.99 Å². The number of benzene rings is 1. The van der Waals surface area contributed by atoms with E-state index in [9.17, 15) is 4.79 Å². The smallest absolute Gasteiger partial charge is 0.146 e. The van der Waals surface area contributed by atoms with Crippen molar-refractivity contribution in [1.82, 2.24) is 0 Å². The molecule has 0 saturated heterocycles. The monoisotopic (exact) mass is 215 g/mol. The molecule has 0 atom stereocenters. The second-order valence-corrected chi connectivity index (χ2v) is 3.67. The topological polar surface area (TPSA) is 29.4 Å². The molecule has 1 aromatic carbocycles. The molecule has 0 fully saturated rings. The average Bonchev–Trinajstić information content (AvgIpc) is 2.30. The molecule has 0 amide bonds. The minimum Gasteiger partial charge on any atom is -0.298 e. The van der Waals surface area contributed by atoms with Crippen LogP contribution in [0.2, 0.25) is 0 Å². The fourth-order valence-corrected chi connectivity index (χ4v) is 1.49. The van der Waals surface area contributed by atoms with Crippen molar-refractivity contribution < 1.29 is 4.79 Å². The Labute approximate surface area is 96.7 Å². The molecule has 1 rings (SSSR count). The zero-order chi connectivity index (χ0) is 12.0. The maximum Gasteiger partial charge on any atom is 0.146 e. The van der Waals surface area contributed by atoms with E-state index in [1.54, 1.807) is 6.21 Å². The van der Waals surface area contributed by atoms with Gasteiger partial charge in [-0.3, -0.25) is 9.79 Å². The number of hydrogen-bond acceptors (Lipinski definition) is 2. The molecule has 0 heterocycles. The number of carbonyl (C=O) groups is 1. The third-order valence-electron chi connectivity index (χ3n) is 2.47. The van der Waals surface area contributed by atoms with E-state index < -0.39 is 0 Å². The summed E-state index contributed by atoms with van der Waals surface area (Å²) in [5, 5.41) is 0. The van der Waals surface area contributed by atoms with Gasteiger partial charge >= 0.3 is 0 Å². The van der Waals surface area contributed by atoms with E-state index >= 15 is 0 Å². The highest BCUT2D eigenvalue weighted by molar-refractivity contribution is 5.74. The first kappa shape index (κ1) is 12.4. The minimum absolute atomic E-state index is 0.673. The maximum atomic E-state index is 10.7. The molecule has 84 valence electrons. The van der Waals surface area contributed by atoms with Gasteiger partial charge in [-0.05, 0) is 43.5 Å². The van der Waals surface area contributed by atoms with Crippen molar-refractivity contribution in [3.63, 3.8) is 0 Å². The van der Waals surface area contributed by atoms with Gasteiger partial charge in [0, 0.05) is 12.6 Å².